The molecule has 0 bridgehead atoms. The van der Waals surface area contributed by atoms with Gasteiger partial charge in [0.25, 0.3) is 0 Å². The summed E-state index contributed by atoms with van der Waals surface area (Å²) >= 11 is 0. The topological polar surface area (TPSA) is 68.9 Å². The van der Waals surface area contributed by atoms with E-state index in [2.05, 4.69) is 10.2 Å². The van der Waals surface area contributed by atoms with Crippen molar-refractivity contribution in [3.63, 3.8) is 0 Å². The highest BCUT2D eigenvalue weighted by molar-refractivity contribution is 5.69. The van der Waals surface area contributed by atoms with Crippen molar-refractivity contribution < 1.29 is 14.6 Å². The lowest BCUT2D eigenvalue weighted by Gasteiger charge is -2.09. The fourth-order valence-corrected chi connectivity index (χ4v) is 2.89. The lowest BCUT2D eigenvalue weighted by atomic mass is 10.1. The Kier molecular flexibility index (Phi) is 3.93. The minimum absolute atomic E-state index is 0.241. The predicted molar refractivity (Wildman–Crippen MR) is 98.6 cm³/mol. The van der Waals surface area contributed by atoms with Gasteiger partial charge in [-0.05, 0) is 53.6 Å². The number of hydrogen-bond donors (Lipinski definition) is 1. The maximum Gasteiger partial charge on any atom is 0.168 e. The first kappa shape index (κ1) is 16.0. The molecular formula is C20H17N3O3. The number of fused-ring (bicyclic) bond motifs is 1. The van der Waals surface area contributed by atoms with Crippen molar-refractivity contribution in [2.45, 2.75) is 0 Å². The molecule has 6 nitrogen and oxygen atoms in total. The van der Waals surface area contributed by atoms with E-state index in [0.717, 1.165) is 22.3 Å². The van der Waals surface area contributed by atoms with Crippen molar-refractivity contribution in [1.29, 1.82) is 0 Å². The number of benzene rings is 2. The Balaban J connectivity index is 1.83. The van der Waals surface area contributed by atoms with Crippen LogP contribution in [-0.2, 0) is 0 Å². The van der Waals surface area contributed by atoms with Crippen LogP contribution >= 0.6 is 0 Å². The van der Waals surface area contributed by atoms with Gasteiger partial charge in [-0.1, -0.05) is 12.1 Å². The Hall–Kier alpha value is -3.54. The molecule has 0 saturated heterocycles. The Morgan fingerprint density at radius 2 is 1.46 bits per heavy atom. The van der Waals surface area contributed by atoms with Crippen LogP contribution in [0.4, 0.5) is 0 Å². The largest absolute Gasteiger partial charge is 0.508 e. The van der Waals surface area contributed by atoms with Gasteiger partial charge in [0.1, 0.15) is 5.75 Å². The number of hydrogen-bond acceptors (Lipinski definition) is 5. The molecule has 2 aromatic carbocycles. The van der Waals surface area contributed by atoms with Crippen LogP contribution in [0.25, 0.3) is 28.2 Å². The molecule has 26 heavy (non-hydrogen) atoms. The van der Waals surface area contributed by atoms with Crippen LogP contribution < -0.4 is 9.47 Å². The van der Waals surface area contributed by atoms with Gasteiger partial charge in [-0.2, -0.15) is 0 Å². The molecule has 0 aliphatic rings. The van der Waals surface area contributed by atoms with E-state index in [1.165, 1.54) is 0 Å². The van der Waals surface area contributed by atoms with Gasteiger partial charge < -0.3 is 14.6 Å². The molecule has 0 radical (unpaired) electrons. The number of nitrogens with zero attached hydrogens (tertiary/aromatic N) is 3. The van der Waals surface area contributed by atoms with E-state index in [9.17, 15) is 5.11 Å². The Morgan fingerprint density at radius 3 is 2.19 bits per heavy atom. The normalized spacial score (nSPS) is 10.8. The molecule has 130 valence electrons. The third-order valence-electron chi connectivity index (χ3n) is 4.24. The Labute approximate surface area is 150 Å². The average molecular weight is 347 g/mol. The van der Waals surface area contributed by atoms with Gasteiger partial charge in [-0.3, -0.25) is 4.40 Å². The van der Waals surface area contributed by atoms with Gasteiger partial charge in [0.05, 0.1) is 14.2 Å². The van der Waals surface area contributed by atoms with Crippen molar-refractivity contribution in [2.24, 2.45) is 0 Å². The van der Waals surface area contributed by atoms with Gasteiger partial charge in [0.15, 0.2) is 23.0 Å². The molecule has 6 heteroatoms. The number of phenolic OH excluding ortho intramolecular Hbond substituents is 1. The van der Waals surface area contributed by atoms with Gasteiger partial charge in [-0.15, -0.1) is 10.2 Å². The first-order valence-corrected chi connectivity index (χ1v) is 8.06. The monoisotopic (exact) mass is 347 g/mol. The van der Waals surface area contributed by atoms with E-state index in [1.807, 2.05) is 53.1 Å². The van der Waals surface area contributed by atoms with Crippen LogP contribution in [-0.4, -0.2) is 33.9 Å². The Bertz CT molecular complexity index is 1070. The van der Waals surface area contributed by atoms with Crippen LogP contribution in [0.1, 0.15) is 0 Å². The third kappa shape index (κ3) is 2.71. The fourth-order valence-electron chi connectivity index (χ4n) is 2.89. The summed E-state index contributed by atoms with van der Waals surface area (Å²) in [5.41, 5.74) is 3.62. The van der Waals surface area contributed by atoms with Crippen molar-refractivity contribution in [1.82, 2.24) is 14.6 Å². The molecule has 0 fully saturated rings. The maximum atomic E-state index is 9.48. The van der Waals surface area contributed by atoms with Crippen LogP contribution in [0, 0.1) is 0 Å². The highest BCUT2D eigenvalue weighted by Gasteiger charge is 2.12. The second-order valence-electron chi connectivity index (χ2n) is 5.79. The summed E-state index contributed by atoms with van der Waals surface area (Å²) in [6.45, 7) is 0. The molecule has 2 heterocycles. The summed E-state index contributed by atoms with van der Waals surface area (Å²) in [6, 6.07) is 16.6. The molecule has 0 aliphatic heterocycles. The highest BCUT2D eigenvalue weighted by Crippen LogP contribution is 2.32. The molecule has 1 N–H and O–H groups in total. The molecule has 0 aliphatic carbocycles. The summed E-state index contributed by atoms with van der Waals surface area (Å²) < 4.78 is 12.6. The van der Waals surface area contributed by atoms with E-state index in [-0.39, 0.29) is 5.75 Å². The summed E-state index contributed by atoms with van der Waals surface area (Å²) in [6.07, 6.45) is 1.98. The molecule has 4 rings (SSSR count). The minimum atomic E-state index is 0.241. The number of phenols is 1. The number of ether oxygens (including phenoxy) is 2. The summed E-state index contributed by atoms with van der Waals surface area (Å²) in [5, 5.41) is 18.0. The van der Waals surface area contributed by atoms with Crippen molar-refractivity contribution in [2.75, 3.05) is 14.2 Å². The zero-order valence-corrected chi connectivity index (χ0v) is 14.4. The summed E-state index contributed by atoms with van der Waals surface area (Å²) in [4.78, 5) is 0. The fraction of sp³-hybridized carbons (Fsp3) is 0.100. The standard InChI is InChI=1S/C20H17N3O3/c1-25-17-9-5-14(11-18(17)26-2)20-22-21-19-10-6-15(12-23(19)20)13-3-7-16(24)8-4-13/h3-12,24H,1-2H3. The quantitative estimate of drug-likeness (QED) is 0.608. The summed E-state index contributed by atoms with van der Waals surface area (Å²) in [7, 11) is 3.21. The first-order chi connectivity index (χ1) is 12.7. The molecule has 2 aromatic heterocycles. The van der Waals surface area contributed by atoms with Crippen LogP contribution in [0.2, 0.25) is 0 Å². The van der Waals surface area contributed by atoms with E-state index < -0.39 is 0 Å². The zero-order valence-electron chi connectivity index (χ0n) is 14.4. The van der Waals surface area contributed by atoms with Gasteiger partial charge in [0, 0.05) is 11.8 Å². The highest BCUT2D eigenvalue weighted by atomic mass is 16.5. The number of pyridine rings is 1. The molecular weight excluding hydrogens is 330 g/mol. The smallest absolute Gasteiger partial charge is 0.168 e. The van der Waals surface area contributed by atoms with Crippen LogP contribution in [0.3, 0.4) is 0 Å². The molecule has 0 amide bonds. The van der Waals surface area contributed by atoms with E-state index in [4.69, 9.17) is 9.47 Å². The molecule has 0 atom stereocenters. The van der Waals surface area contributed by atoms with Gasteiger partial charge in [0.2, 0.25) is 0 Å². The second kappa shape index (κ2) is 6.40. The SMILES string of the molecule is COc1ccc(-c2nnc3ccc(-c4ccc(O)cc4)cn23)cc1OC. The first-order valence-electron chi connectivity index (χ1n) is 8.06. The van der Waals surface area contributed by atoms with Gasteiger partial charge >= 0.3 is 0 Å². The second-order valence-corrected chi connectivity index (χ2v) is 5.79. The lowest BCUT2D eigenvalue weighted by Crippen LogP contribution is -1.94. The third-order valence-corrected chi connectivity index (χ3v) is 4.24. The minimum Gasteiger partial charge on any atom is -0.508 e. The zero-order chi connectivity index (χ0) is 18.1. The molecule has 0 spiro atoms. The van der Waals surface area contributed by atoms with E-state index in [0.29, 0.717) is 17.3 Å². The predicted octanol–water partition coefficient (Wildman–Crippen LogP) is 3.79. The average Bonchev–Trinajstić information content (AvgIpc) is 3.11. The number of aromatic hydroxyl groups is 1. The van der Waals surface area contributed by atoms with Gasteiger partial charge in [-0.25, -0.2) is 0 Å². The molecule has 4 aromatic rings. The number of aromatic nitrogens is 3. The lowest BCUT2D eigenvalue weighted by molar-refractivity contribution is 0.355. The molecule has 0 unspecified atom stereocenters. The Morgan fingerprint density at radius 1 is 0.769 bits per heavy atom. The van der Waals surface area contributed by atoms with Crippen LogP contribution in [0.5, 0.6) is 17.2 Å². The molecule has 0 saturated carbocycles. The maximum absolute atomic E-state index is 9.48. The number of methoxy groups -OCH3 is 2. The number of rotatable bonds is 4. The van der Waals surface area contributed by atoms with E-state index >= 15 is 0 Å². The van der Waals surface area contributed by atoms with Crippen molar-refractivity contribution >= 4 is 5.65 Å². The van der Waals surface area contributed by atoms with Crippen molar-refractivity contribution in [3.8, 4) is 39.8 Å². The summed E-state index contributed by atoms with van der Waals surface area (Å²) in [5.74, 6) is 2.25. The van der Waals surface area contributed by atoms with E-state index in [1.54, 1.807) is 26.4 Å². The van der Waals surface area contributed by atoms with Crippen LogP contribution in [0.15, 0.2) is 60.8 Å². The van der Waals surface area contributed by atoms with Crippen molar-refractivity contribution in [3.05, 3.63) is 60.8 Å².